The Labute approximate surface area is 194 Å². The molecule has 0 unspecified atom stereocenters. The van der Waals surface area contributed by atoms with Crippen LogP contribution in [0.4, 0.5) is 15.8 Å². The lowest BCUT2D eigenvalue weighted by Gasteiger charge is -2.32. The van der Waals surface area contributed by atoms with Crippen LogP contribution >= 0.6 is 11.3 Å². The molecule has 5 rings (SSSR count). The molecular weight excluding hydrogens is 417 g/mol. The first-order valence-electron chi connectivity index (χ1n) is 13.5. The molecule has 0 bridgehead atoms. The van der Waals surface area contributed by atoms with E-state index in [9.17, 15) is 4.79 Å². The van der Waals surface area contributed by atoms with Crippen molar-refractivity contribution in [3.05, 3.63) is 46.2 Å². The smallest absolute Gasteiger partial charge is 0.263 e. The summed E-state index contributed by atoms with van der Waals surface area (Å²) in [6.07, 6.45) is -0.00165. The molecule has 3 aromatic rings. The zero-order chi connectivity index (χ0) is 28.7. The van der Waals surface area contributed by atoms with Crippen LogP contribution in [0.25, 0.3) is 10.2 Å². The highest BCUT2D eigenvalue weighted by Gasteiger charge is 2.27. The molecule has 0 aliphatic carbocycles. The molecule has 1 fully saturated rings. The van der Waals surface area contributed by atoms with Crippen molar-refractivity contribution in [1.82, 2.24) is 15.6 Å². The lowest BCUT2D eigenvalue weighted by atomic mass is 10.0. The molecule has 1 amide bonds. The number of pyridine rings is 1. The van der Waals surface area contributed by atoms with E-state index in [1.807, 2.05) is 6.92 Å². The van der Waals surface area contributed by atoms with E-state index >= 15 is 4.39 Å². The van der Waals surface area contributed by atoms with Crippen LogP contribution < -0.4 is 26.0 Å². The van der Waals surface area contributed by atoms with E-state index in [1.165, 1.54) is 0 Å². The van der Waals surface area contributed by atoms with Gasteiger partial charge < -0.3 is 26.0 Å². The molecule has 2 aliphatic rings. The molecule has 2 aliphatic heterocycles. The van der Waals surface area contributed by atoms with Crippen LogP contribution in [0.5, 0.6) is 5.75 Å². The minimum atomic E-state index is -3.12. The number of anilines is 2. The number of nitrogens with one attached hydrogen (secondary N) is 2. The highest BCUT2D eigenvalue weighted by molar-refractivity contribution is 7.21. The maximum absolute atomic E-state index is 15.4. The van der Waals surface area contributed by atoms with Gasteiger partial charge in [-0.2, -0.15) is 0 Å². The third kappa shape index (κ3) is 3.79. The minimum Gasteiger partial charge on any atom is -0.491 e. The Morgan fingerprint density at radius 3 is 3.03 bits per heavy atom. The number of benzene rings is 1. The van der Waals surface area contributed by atoms with E-state index in [4.69, 9.17) is 21.4 Å². The largest absolute Gasteiger partial charge is 0.491 e. The van der Waals surface area contributed by atoms with Crippen molar-refractivity contribution in [2.24, 2.45) is 0 Å². The van der Waals surface area contributed by atoms with Crippen LogP contribution in [0.15, 0.2) is 24.3 Å². The number of nitrogens with two attached hydrogens (primary N) is 1. The minimum absolute atomic E-state index is 0.00165. The third-order valence-corrected chi connectivity index (χ3v) is 6.14. The highest BCUT2D eigenvalue weighted by Crippen LogP contribution is 2.34. The topological polar surface area (TPSA) is 92.5 Å². The zero-order valence-corrected chi connectivity index (χ0v) is 17.2. The van der Waals surface area contributed by atoms with Crippen molar-refractivity contribution in [1.29, 1.82) is 0 Å². The number of ether oxygens (including phenoxy) is 1. The number of thiophene rings is 1. The Morgan fingerprint density at radius 2 is 2.23 bits per heavy atom. The maximum atomic E-state index is 15.4. The normalized spacial score (nSPS) is 28.8. The fourth-order valence-electron chi connectivity index (χ4n) is 3.51. The van der Waals surface area contributed by atoms with E-state index in [0.717, 1.165) is 29.2 Å². The third-order valence-electron chi connectivity index (χ3n) is 5.02. The van der Waals surface area contributed by atoms with Crippen molar-refractivity contribution < 1.29 is 24.9 Å². The monoisotopic (exact) mass is 449 g/mol. The van der Waals surface area contributed by atoms with Crippen LogP contribution in [0.3, 0.4) is 0 Å². The number of aryl methyl sites for hydroxylation is 1. The molecule has 2 aromatic heterocycles. The van der Waals surface area contributed by atoms with Crippen LogP contribution in [-0.2, 0) is 6.42 Å². The first kappa shape index (κ1) is 12.8. The summed E-state index contributed by atoms with van der Waals surface area (Å²) in [5.41, 5.74) is 6.81. The number of piperazine rings is 1. The number of nitrogens with zero attached hydrogens (tertiary/aromatic N) is 2. The molecule has 1 aromatic carbocycles. The van der Waals surface area contributed by atoms with Crippen molar-refractivity contribution in [3.63, 3.8) is 0 Å². The lowest BCUT2D eigenvalue weighted by molar-refractivity contribution is 0.0919. The number of nitrogen functional groups attached to an aromatic ring is 1. The fraction of sp³-hybridized carbons (Fsp3) is 0.364. The van der Waals surface area contributed by atoms with E-state index in [-0.39, 0.29) is 39.8 Å². The van der Waals surface area contributed by atoms with E-state index in [0.29, 0.717) is 10.2 Å². The average molecular weight is 450 g/mol. The molecule has 4 heterocycles. The van der Waals surface area contributed by atoms with E-state index < -0.39 is 49.4 Å². The number of rotatable bonds is 3. The van der Waals surface area contributed by atoms with Crippen LogP contribution in [0, 0.1) is 12.7 Å². The van der Waals surface area contributed by atoms with Gasteiger partial charge in [0.05, 0.1) is 17.2 Å². The number of carbonyl (C=O) groups is 1. The molecule has 0 radical (unpaired) electrons. The quantitative estimate of drug-likeness (QED) is 0.569. The average Bonchev–Trinajstić information content (AvgIpc) is 3.13. The summed E-state index contributed by atoms with van der Waals surface area (Å²) < 4.78 is 85.9. The summed E-state index contributed by atoms with van der Waals surface area (Å²) in [7, 11) is 0. The van der Waals surface area contributed by atoms with Gasteiger partial charge in [0.15, 0.2) is 0 Å². The van der Waals surface area contributed by atoms with Gasteiger partial charge in [-0.15, -0.1) is 11.3 Å². The molecule has 9 heteroatoms. The Morgan fingerprint density at radius 1 is 1.42 bits per heavy atom. The van der Waals surface area contributed by atoms with Gasteiger partial charge in [0.25, 0.3) is 5.91 Å². The van der Waals surface area contributed by atoms with Gasteiger partial charge in [0.2, 0.25) is 0 Å². The van der Waals surface area contributed by atoms with Crippen molar-refractivity contribution in [2.75, 3.05) is 43.2 Å². The summed E-state index contributed by atoms with van der Waals surface area (Å²) in [6, 6.07) is 4.87. The Bertz CT molecular complexity index is 1470. The second-order valence-corrected chi connectivity index (χ2v) is 8.17. The molecule has 31 heavy (non-hydrogen) atoms. The van der Waals surface area contributed by atoms with Crippen molar-refractivity contribution >= 4 is 38.8 Å². The molecule has 1 saturated heterocycles. The number of halogens is 1. The van der Waals surface area contributed by atoms with Crippen molar-refractivity contribution in [3.8, 4) is 5.75 Å². The number of hydrogen-bond donors (Lipinski definition) is 3. The van der Waals surface area contributed by atoms with Crippen molar-refractivity contribution in [2.45, 2.75) is 19.4 Å². The SMILES string of the molecule is [2H]C1([2H])NC([2H])([2H])C([2H])([2H])N(c2cc(F)c3c(c2)OC[C@H](NC(=O)c2sc4nc(C)ccc4c2N)C3)C1([2H])[2H]. The first-order chi connectivity index (χ1) is 18.0. The highest BCUT2D eigenvalue weighted by atomic mass is 32.1. The Hall–Kier alpha value is -2.91. The summed E-state index contributed by atoms with van der Waals surface area (Å²) >= 11 is 1.13. The molecule has 4 N–H and O–H groups in total. The molecule has 0 spiro atoms. The number of fused-ring (bicyclic) bond motifs is 2. The van der Waals surface area contributed by atoms with Gasteiger partial charge in [0.1, 0.15) is 27.9 Å². The molecule has 0 saturated carbocycles. The fourth-order valence-corrected chi connectivity index (χ4v) is 4.55. The van der Waals surface area contributed by atoms with Gasteiger partial charge in [-0.3, -0.25) is 4.79 Å². The summed E-state index contributed by atoms with van der Waals surface area (Å²) in [5, 5.41) is 5.17. The van der Waals surface area contributed by atoms with Gasteiger partial charge in [-0.25, -0.2) is 9.37 Å². The van der Waals surface area contributed by atoms with Crippen LogP contribution in [-0.4, -0.2) is 49.5 Å². The van der Waals surface area contributed by atoms with E-state index in [2.05, 4.69) is 10.3 Å². The molecular formula is C22H24FN5O2S. The first-order valence-corrected chi connectivity index (χ1v) is 10.3. The Kier molecular flexibility index (Phi) is 3.30. The van der Waals surface area contributed by atoms with E-state index in [1.54, 1.807) is 17.4 Å². The van der Waals surface area contributed by atoms with Gasteiger partial charge in [0, 0.05) is 66.3 Å². The van der Waals surface area contributed by atoms with Crippen LogP contribution in [0.2, 0.25) is 0 Å². The molecule has 7 nitrogen and oxygen atoms in total. The number of amides is 1. The zero-order valence-electron chi connectivity index (χ0n) is 24.4. The number of carbonyl (C=O) groups excluding carboxylic acids is 1. The van der Waals surface area contributed by atoms with Crippen LogP contribution in [0.1, 0.15) is 31.9 Å². The predicted octanol–water partition coefficient (Wildman–Crippen LogP) is 2.47. The summed E-state index contributed by atoms with van der Waals surface area (Å²) in [5.74, 6) is -1.44. The predicted molar refractivity (Wildman–Crippen MR) is 121 cm³/mol. The lowest BCUT2D eigenvalue weighted by Crippen LogP contribution is -2.44. The number of hydrogen-bond acceptors (Lipinski definition) is 7. The second-order valence-electron chi connectivity index (χ2n) is 7.17. The van der Waals surface area contributed by atoms with Gasteiger partial charge in [-0.05, 0) is 25.1 Å². The van der Waals surface area contributed by atoms with Gasteiger partial charge >= 0.3 is 0 Å². The maximum Gasteiger partial charge on any atom is 0.263 e. The summed E-state index contributed by atoms with van der Waals surface area (Å²) in [6.45, 7) is -10.6. The second kappa shape index (κ2) is 7.97. The van der Waals surface area contributed by atoms with Gasteiger partial charge in [-0.1, -0.05) is 0 Å². The number of aromatic nitrogens is 1. The Balaban J connectivity index is 1.42. The molecule has 1 atom stereocenters. The summed E-state index contributed by atoms with van der Waals surface area (Å²) in [4.78, 5) is 18.5. The molecule has 162 valence electrons. The standard InChI is InChI=1S/C22H24FN5O2S/c1-12-2-3-15-19(24)20(31-22(15)26-12)21(29)27-13-8-16-17(23)9-14(10-18(16)30-11-13)28-6-4-25-5-7-28/h2-3,9-10,13,25H,4-8,11,24H2,1H3,(H,27,29)/t13-/m1/s1/i4D2,5D2,6D2,7D2.